The van der Waals surface area contributed by atoms with Crippen LogP contribution in [0.2, 0.25) is 0 Å². The van der Waals surface area contributed by atoms with Crippen LogP contribution < -0.4 is 15.4 Å². The van der Waals surface area contributed by atoms with Crippen molar-refractivity contribution in [3.63, 3.8) is 0 Å². The quantitative estimate of drug-likeness (QED) is 0.507. The van der Waals surface area contributed by atoms with Crippen LogP contribution in [0.3, 0.4) is 0 Å². The third kappa shape index (κ3) is 6.43. The summed E-state index contributed by atoms with van der Waals surface area (Å²) in [6, 6.07) is 13.7. The molecular formula is C23H23FN4O4S. The number of rotatable bonds is 6. The van der Waals surface area contributed by atoms with Gasteiger partial charge in [-0.2, -0.15) is 0 Å². The molecule has 0 saturated heterocycles. The van der Waals surface area contributed by atoms with E-state index >= 15 is 0 Å². The van der Waals surface area contributed by atoms with Gasteiger partial charge in [-0.05, 0) is 75.4 Å². The molecule has 0 saturated carbocycles. The van der Waals surface area contributed by atoms with Crippen molar-refractivity contribution in [1.82, 2.24) is 9.71 Å². The second-order valence-electron chi connectivity index (χ2n) is 8.19. The first kappa shape index (κ1) is 24.0. The number of hydrogen-bond donors (Lipinski definition) is 3. The first-order valence-electron chi connectivity index (χ1n) is 9.92. The molecule has 10 heteroatoms. The smallest absolute Gasteiger partial charge is 0.274 e. The molecule has 2 aromatic carbocycles. The van der Waals surface area contributed by atoms with Gasteiger partial charge in [-0.1, -0.05) is 6.07 Å². The highest BCUT2D eigenvalue weighted by atomic mass is 32.2. The molecule has 2 amide bonds. The largest absolute Gasteiger partial charge is 0.320 e. The Kier molecular flexibility index (Phi) is 6.89. The minimum Gasteiger partial charge on any atom is -0.320 e. The molecule has 0 fully saturated rings. The molecule has 1 heterocycles. The lowest BCUT2D eigenvalue weighted by atomic mass is 10.1. The van der Waals surface area contributed by atoms with Gasteiger partial charge in [0.15, 0.2) is 0 Å². The van der Waals surface area contributed by atoms with Crippen molar-refractivity contribution in [1.29, 1.82) is 0 Å². The number of benzene rings is 2. The minimum absolute atomic E-state index is 0.00282. The summed E-state index contributed by atoms with van der Waals surface area (Å²) in [6.45, 7) is 5.15. The Bertz CT molecular complexity index is 1270. The standard InChI is InChI=1S/C23H23FN4O4S/c1-23(2,3)28-33(31,32)17-10-7-15(8-11-17)21(29)27-20-14-16(24)9-12-18(20)26-22(30)19-6-4-5-13-25-19/h4-14,28H,1-3H3,(H,26,30)(H,27,29). The third-order valence-electron chi connectivity index (χ3n) is 4.24. The van der Waals surface area contributed by atoms with Crippen molar-refractivity contribution >= 4 is 33.2 Å². The van der Waals surface area contributed by atoms with Crippen molar-refractivity contribution in [2.45, 2.75) is 31.2 Å². The van der Waals surface area contributed by atoms with E-state index < -0.39 is 33.2 Å². The second kappa shape index (κ2) is 9.47. The van der Waals surface area contributed by atoms with Crippen LogP contribution >= 0.6 is 0 Å². The van der Waals surface area contributed by atoms with Crippen LogP contribution in [0.15, 0.2) is 71.8 Å². The van der Waals surface area contributed by atoms with Crippen LogP contribution in [0.5, 0.6) is 0 Å². The SMILES string of the molecule is CC(C)(C)NS(=O)(=O)c1ccc(C(=O)Nc2cc(F)ccc2NC(=O)c2ccccn2)cc1. The van der Waals surface area contributed by atoms with Gasteiger partial charge in [0, 0.05) is 17.3 Å². The Morgan fingerprint density at radius 3 is 2.15 bits per heavy atom. The lowest BCUT2D eigenvalue weighted by molar-refractivity contribution is 0.101. The highest BCUT2D eigenvalue weighted by molar-refractivity contribution is 7.89. The number of sulfonamides is 1. The summed E-state index contributed by atoms with van der Waals surface area (Å²) < 4.78 is 41.2. The fourth-order valence-electron chi connectivity index (χ4n) is 2.85. The summed E-state index contributed by atoms with van der Waals surface area (Å²) in [7, 11) is -3.76. The van der Waals surface area contributed by atoms with Crippen LogP contribution in [-0.2, 0) is 10.0 Å². The van der Waals surface area contributed by atoms with E-state index in [-0.39, 0.29) is 27.5 Å². The van der Waals surface area contributed by atoms with Crippen molar-refractivity contribution in [2.24, 2.45) is 0 Å². The number of pyridine rings is 1. The Morgan fingerprint density at radius 2 is 1.55 bits per heavy atom. The number of carbonyl (C=O) groups excluding carboxylic acids is 2. The van der Waals surface area contributed by atoms with E-state index in [0.29, 0.717) is 0 Å². The van der Waals surface area contributed by atoms with Gasteiger partial charge in [0.25, 0.3) is 11.8 Å². The van der Waals surface area contributed by atoms with E-state index in [1.54, 1.807) is 32.9 Å². The third-order valence-corrected chi connectivity index (χ3v) is 6.02. The molecule has 0 aliphatic carbocycles. The van der Waals surface area contributed by atoms with E-state index in [1.165, 1.54) is 42.6 Å². The van der Waals surface area contributed by atoms with E-state index in [1.807, 2.05) is 0 Å². The predicted molar refractivity (Wildman–Crippen MR) is 123 cm³/mol. The number of anilines is 2. The zero-order valence-corrected chi connectivity index (χ0v) is 19.0. The maximum Gasteiger partial charge on any atom is 0.274 e. The summed E-state index contributed by atoms with van der Waals surface area (Å²) in [5.74, 6) is -1.75. The lowest BCUT2D eigenvalue weighted by Gasteiger charge is -2.20. The molecule has 1 aromatic heterocycles. The minimum atomic E-state index is -3.76. The maximum absolute atomic E-state index is 13.8. The molecule has 172 valence electrons. The molecule has 0 aliphatic rings. The van der Waals surface area contributed by atoms with Crippen molar-refractivity contribution in [3.05, 3.63) is 83.9 Å². The lowest BCUT2D eigenvalue weighted by Crippen LogP contribution is -2.40. The van der Waals surface area contributed by atoms with E-state index in [4.69, 9.17) is 0 Å². The molecule has 33 heavy (non-hydrogen) atoms. The summed E-state index contributed by atoms with van der Waals surface area (Å²) >= 11 is 0. The number of nitrogens with zero attached hydrogens (tertiary/aromatic N) is 1. The average Bonchev–Trinajstić information content (AvgIpc) is 2.74. The molecule has 0 atom stereocenters. The zero-order chi connectivity index (χ0) is 24.2. The highest BCUT2D eigenvalue weighted by Crippen LogP contribution is 2.24. The van der Waals surface area contributed by atoms with Crippen LogP contribution in [0.25, 0.3) is 0 Å². The van der Waals surface area contributed by atoms with Crippen LogP contribution in [0, 0.1) is 5.82 Å². The number of hydrogen-bond acceptors (Lipinski definition) is 5. The van der Waals surface area contributed by atoms with Crippen molar-refractivity contribution < 1.29 is 22.4 Å². The van der Waals surface area contributed by atoms with Gasteiger partial charge in [-0.25, -0.2) is 17.5 Å². The van der Waals surface area contributed by atoms with E-state index in [9.17, 15) is 22.4 Å². The van der Waals surface area contributed by atoms with Gasteiger partial charge in [0.2, 0.25) is 10.0 Å². The Morgan fingerprint density at radius 1 is 0.879 bits per heavy atom. The normalized spacial score (nSPS) is 11.6. The topological polar surface area (TPSA) is 117 Å². The summed E-state index contributed by atoms with van der Waals surface area (Å²) in [5, 5.41) is 5.13. The van der Waals surface area contributed by atoms with Crippen LogP contribution in [0.4, 0.5) is 15.8 Å². The first-order chi connectivity index (χ1) is 15.4. The highest BCUT2D eigenvalue weighted by Gasteiger charge is 2.22. The fourth-order valence-corrected chi connectivity index (χ4v) is 4.27. The number of nitrogens with one attached hydrogen (secondary N) is 3. The monoisotopic (exact) mass is 470 g/mol. The molecular weight excluding hydrogens is 447 g/mol. The molecule has 0 radical (unpaired) electrons. The molecule has 8 nitrogen and oxygen atoms in total. The Balaban J connectivity index is 1.79. The van der Waals surface area contributed by atoms with Gasteiger partial charge in [-0.15, -0.1) is 0 Å². The van der Waals surface area contributed by atoms with Gasteiger partial charge < -0.3 is 10.6 Å². The van der Waals surface area contributed by atoms with Gasteiger partial charge >= 0.3 is 0 Å². The molecule has 3 aromatic rings. The maximum atomic E-state index is 13.8. The molecule has 0 spiro atoms. The summed E-state index contributed by atoms with van der Waals surface area (Å²) in [5.41, 5.74) is -0.150. The predicted octanol–water partition coefficient (Wildman–Crippen LogP) is 3.80. The Labute approximate surface area is 191 Å². The molecule has 3 N–H and O–H groups in total. The number of halogens is 1. The zero-order valence-electron chi connectivity index (χ0n) is 18.2. The van der Waals surface area contributed by atoms with Crippen LogP contribution in [0.1, 0.15) is 41.6 Å². The summed E-state index contributed by atoms with van der Waals surface area (Å²) in [4.78, 5) is 29.0. The fraction of sp³-hybridized carbons (Fsp3) is 0.174. The molecule has 0 unspecified atom stereocenters. The van der Waals surface area contributed by atoms with Gasteiger partial charge in [-0.3, -0.25) is 14.6 Å². The van der Waals surface area contributed by atoms with Crippen molar-refractivity contribution in [3.8, 4) is 0 Å². The number of carbonyl (C=O) groups is 2. The second-order valence-corrected chi connectivity index (χ2v) is 9.88. The van der Waals surface area contributed by atoms with E-state index in [0.717, 1.165) is 12.1 Å². The first-order valence-corrected chi connectivity index (χ1v) is 11.4. The van der Waals surface area contributed by atoms with Gasteiger partial charge in [0.1, 0.15) is 11.5 Å². The van der Waals surface area contributed by atoms with Crippen LogP contribution in [-0.4, -0.2) is 30.8 Å². The Hall–Kier alpha value is -3.63. The molecule has 3 rings (SSSR count). The average molecular weight is 471 g/mol. The van der Waals surface area contributed by atoms with Crippen molar-refractivity contribution in [2.75, 3.05) is 10.6 Å². The molecule has 0 aliphatic heterocycles. The summed E-state index contributed by atoms with van der Waals surface area (Å²) in [6.07, 6.45) is 1.46. The molecule has 0 bridgehead atoms. The van der Waals surface area contributed by atoms with Gasteiger partial charge in [0.05, 0.1) is 16.3 Å². The van der Waals surface area contributed by atoms with E-state index in [2.05, 4.69) is 20.3 Å². The number of aromatic nitrogens is 1. The number of amides is 2.